The van der Waals surface area contributed by atoms with Crippen molar-refractivity contribution < 1.29 is 19.1 Å². The van der Waals surface area contributed by atoms with Gasteiger partial charge in [0.15, 0.2) is 0 Å². The van der Waals surface area contributed by atoms with Crippen LogP contribution in [0, 0.1) is 0 Å². The molecule has 166 valence electrons. The Morgan fingerprint density at radius 1 is 1.07 bits per heavy atom. The van der Waals surface area contributed by atoms with Gasteiger partial charge in [0.05, 0.1) is 0 Å². The van der Waals surface area contributed by atoms with E-state index in [1.165, 1.54) is 5.56 Å². The molecule has 1 aromatic carbocycles. The number of anilines is 1. The van der Waals surface area contributed by atoms with Gasteiger partial charge >= 0.3 is 6.09 Å². The first-order valence-electron chi connectivity index (χ1n) is 10.9. The maximum atomic E-state index is 12.2. The topological polar surface area (TPSA) is 87.7 Å². The lowest BCUT2D eigenvalue weighted by atomic mass is 9.89. The lowest BCUT2D eigenvalue weighted by Crippen LogP contribution is -2.47. The highest BCUT2D eigenvalue weighted by atomic mass is 16.6. The first-order chi connectivity index (χ1) is 14.2. The zero-order valence-corrected chi connectivity index (χ0v) is 18.8. The van der Waals surface area contributed by atoms with Crippen molar-refractivity contribution in [2.24, 2.45) is 0 Å². The standard InChI is InChI=1S/C21H29N3O4.C2H6/c1-21(2,3)28-20(27)24-12-10-15(11-13-24)14-4-6-16(7-5-14)22-17-8-9-18(25)23-19(17)26;1-2/h4-7,15,17,22H,8-13H2,1-3H3,(H,23,25,26);1-2H3. The van der Waals surface area contributed by atoms with Gasteiger partial charge in [0.2, 0.25) is 11.8 Å². The molecule has 2 saturated heterocycles. The number of rotatable bonds is 3. The van der Waals surface area contributed by atoms with Gasteiger partial charge in [0.25, 0.3) is 0 Å². The number of ether oxygens (including phenoxy) is 1. The van der Waals surface area contributed by atoms with Gasteiger partial charge in [-0.15, -0.1) is 0 Å². The number of carbonyl (C=O) groups is 3. The summed E-state index contributed by atoms with van der Waals surface area (Å²) in [6, 6.07) is 7.71. The van der Waals surface area contributed by atoms with Crippen LogP contribution in [0.25, 0.3) is 0 Å². The molecule has 2 aliphatic heterocycles. The number of nitrogens with one attached hydrogen (secondary N) is 2. The van der Waals surface area contributed by atoms with Crippen LogP contribution in [0.15, 0.2) is 24.3 Å². The summed E-state index contributed by atoms with van der Waals surface area (Å²) in [6.07, 6.45) is 2.43. The van der Waals surface area contributed by atoms with Crippen molar-refractivity contribution in [1.29, 1.82) is 0 Å². The zero-order chi connectivity index (χ0) is 22.3. The molecular weight excluding hydrogens is 382 g/mol. The van der Waals surface area contributed by atoms with Crippen molar-refractivity contribution in [1.82, 2.24) is 10.2 Å². The molecule has 30 heavy (non-hydrogen) atoms. The van der Waals surface area contributed by atoms with E-state index in [-0.39, 0.29) is 23.9 Å². The Morgan fingerprint density at radius 3 is 2.20 bits per heavy atom. The predicted molar refractivity (Wildman–Crippen MR) is 117 cm³/mol. The lowest BCUT2D eigenvalue weighted by molar-refractivity contribution is -0.133. The molecule has 2 aliphatic rings. The highest BCUT2D eigenvalue weighted by Gasteiger charge is 2.28. The minimum atomic E-state index is -0.473. The fraction of sp³-hybridized carbons (Fsp3) is 0.609. The van der Waals surface area contributed by atoms with Gasteiger partial charge in [-0.25, -0.2) is 4.79 Å². The van der Waals surface area contributed by atoms with Crippen LogP contribution in [0.5, 0.6) is 0 Å². The van der Waals surface area contributed by atoms with Crippen LogP contribution in [0.1, 0.15) is 71.8 Å². The summed E-state index contributed by atoms with van der Waals surface area (Å²) in [5, 5.41) is 5.55. The van der Waals surface area contributed by atoms with Gasteiger partial charge in [-0.05, 0) is 63.6 Å². The van der Waals surface area contributed by atoms with Crippen LogP contribution in [0.3, 0.4) is 0 Å². The van der Waals surface area contributed by atoms with Crippen molar-refractivity contribution >= 4 is 23.6 Å². The monoisotopic (exact) mass is 417 g/mol. The Morgan fingerprint density at radius 2 is 1.67 bits per heavy atom. The number of amides is 3. The Balaban J connectivity index is 0.00000155. The molecule has 2 N–H and O–H groups in total. The number of hydrogen-bond acceptors (Lipinski definition) is 5. The average molecular weight is 418 g/mol. The van der Waals surface area contributed by atoms with Crippen molar-refractivity contribution in [3.63, 3.8) is 0 Å². The summed E-state index contributed by atoms with van der Waals surface area (Å²) in [7, 11) is 0. The zero-order valence-electron chi connectivity index (χ0n) is 18.8. The van der Waals surface area contributed by atoms with E-state index >= 15 is 0 Å². The first kappa shape index (κ1) is 23.7. The van der Waals surface area contributed by atoms with E-state index in [4.69, 9.17) is 4.74 Å². The highest BCUT2D eigenvalue weighted by Crippen LogP contribution is 2.29. The van der Waals surface area contributed by atoms with Crippen LogP contribution in [-0.4, -0.2) is 47.5 Å². The van der Waals surface area contributed by atoms with Gasteiger partial charge in [-0.2, -0.15) is 0 Å². The summed E-state index contributed by atoms with van der Waals surface area (Å²) in [5.74, 6) is -0.0747. The summed E-state index contributed by atoms with van der Waals surface area (Å²) >= 11 is 0. The largest absolute Gasteiger partial charge is 0.444 e. The molecule has 0 aromatic heterocycles. The number of imide groups is 1. The van der Waals surface area contributed by atoms with Crippen LogP contribution in [-0.2, 0) is 14.3 Å². The Hall–Kier alpha value is -2.57. The molecule has 3 amide bonds. The van der Waals surface area contributed by atoms with E-state index in [1.54, 1.807) is 4.90 Å². The summed E-state index contributed by atoms with van der Waals surface area (Å²) < 4.78 is 5.45. The molecule has 0 spiro atoms. The van der Waals surface area contributed by atoms with Crippen LogP contribution < -0.4 is 10.6 Å². The van der Waals surface area contributed by atoms with Gasteiger partial charge in [0.1, 0.15) is 11.6 Å². The van der Waals surface area contributed by atoms with Gasteiger partial charge in [-0.1, -0.05) is 26.0 Å². The fourth-order valence-electron chi connectivity index (χ4n) is 3.61. The van der Waals surface area contributed by atoms with E-state index in [2.05, 4.69) is 22.8 Å². The number of nitrogens with zero attached hydrogens (tertiary/aromatic N) is 1. The SMILES string of the molecule is CC.CC(C)(C)OC(=O)N1CCC(c2ccc(NC3CCC(=O)NC3=O)cc2)CC1. The first-order valence-corrected chi connectivity index (χ1v) is 10.9. The fourth-order valence-corrected chi connectivity index (χ4v) is 3.61. The molecule has 2 fully saturated rings. The minimum absolute atomic E-state index is 0.212. The number of benzene rings is 1. The average Bonchev–Trinajstić information content (AvgIpc) is 2.71. The maximum Gasteiger partial charge on any atom is 0.410 e. The van der Waals surface area contributed by atoms with Gasteiger partial charge in [0, 0.05) is 25.2 Å². The molecule has 1 atom stereocenters. The second-order valence-corrected chi connectivity index (χ2v) is 8.51. The molecule has 0 aliphatic carbocycles. The predicted octanol–water partition coefficient (Wildman–Crippen LogP) is 4.04. The third-order valence-corrected chi connectivity index (χ3v) is 5.11. The lowest BCUT2D eigenvalue weighted by Gasteiger charge is -2.33. The van der Waals surface area contributed by atoms with E-state index in [0.29, 0.717) is 31.8 Å². The van der Waals surface area contributed by atoms with E-state index in [9.17, 15) is 14.4 Å². The van der Waals surface area contributed by atoms with Crippen molar-refractivity contribution in [3.05, 3.63) is 29.8 Å². The molecule has 3 rings (SSSR count). The Labute approximate surface area is 179 Å². The van der Waals surface area contributed by atoms with Crippen molar-refractivity contribution in [2.75, 3.05) is 18.4 Å². The number of piperidine rings is 2. The molecule has 0 saturated carbocycles. The molecule has 1 aromatic rings. The quantitative estimate of drug-likeness (QED) is 0.725. The Bertz CT molecular complexity index is 732. The van der Waals surface area contributed by atoms with E-state index in [1.807, 2.05) is 46.8 Å². The summed E-state index contributed by atoms with van der Waals surface area (Å²) in [4.78, 5) is 37.0. The van der Waals surface area contributed by atoms with Crippen LogP contribution in [0.4, 0.5) is 10.5 Å². The number of hydrogen-bond donors (Lipinski definition) is 2. The normalized spacial score (nSPS) is 20.0. The number of carbonyl (C=O) groups excluding carboxylic acids is 3. The van der Waals surface area contributed by atoms with Crippen molar-refractivity contribution in [2.45, 2.75) is 77.9 Å². The van der Waals surface area contributed by atoms with E-state index < -0.39 is 5.60 Å². The van der Waals surface area contributed by atoms with Crippen LogP contribution >= 0.6 is 0 Å². The molecule has 7 heteroatoms. The molecule has 7 nitrogen and oxygen atoms in total. The smallest absolute Gasteiger partial charge is 0.410 e. The maximum absolute atomic E-state index is 12.2. The Kier molecular flexibility index (Phi) is 8.26. The molecule has 0 bridgehead atoms. The molecule has 0 radical (unpaired) electrons. The molecular formula is C23H35N3O4. The van der Waals surface area contributed by atoms with Crippen molar-refractivity contribution in [3.8, 4) is 0 Å². The minimum Gasteiger partial charge on any atom is -0.444 e. The number of likely N-dealkylation sites (tertiary alicyclic amines) is 1. The second-order valence-electron chi connectivity index (χ2n) is 8.51. The van der Waals surface area contributed by atoms with Gasteiger partial charge in [-0.3, -0.25) is 14.9 Å². The van der Waals surface area contributed by atoms with Crippen LogP contribution in [0.2, 0.25) is 0 Å². The third-order valence-electron chi connectivity index (χ3n) is 5.11. The van der Waals surface area contributed by atoms with E-state index in [0.717, 1.165) is 18.5 Å². The summed E-state index contributed by atoms with van der Waals surface area (Å²) in [5.41, 5.74) is 1.63. The highest BCUT2D eigenvalue weighted by molar-refractivity contribution is 6.01. The third kappa shape index (κ3) is 6.75. The van der Waals surface area contributed by atoms with Gasteiger partial charge < -0.3 is 15.0 Å². The molecule has 2 heterocycles. The summed E-state index contributed by atoms with van der Waals surface area (Å²) in [6.45, 7) is 11.0. The molecule has 1 unspecified atom stereocenters. The second kappa shape index (κ2) is 10.5.